The second-order valence-corrected chi connectivity index (χ2v) is 5.64. The standard InChI is InChI=1S/C14H12N4O2S/c1-7-3-9(5-15-4-7)18-12-10-8(2)11(14(19)20)21-13(10)17-6-16-12/h3-6H,1-2H3,(H,19,20)(H,16,17,18). The van der Waals surface area contributed by atoms with Crippen LogP contribution in [0.25, 0.3) is 10.2 Å². The monoisotopic (exact) mass is 300 g/mol. The van der Waals surface area contributed by atoms with Crippen molar-refractivity contribution in [1.29, 1.82) is 0 Å². The largest absolute Gasteiger partial charge is 0.477 e. The van der Waals surface area contributed by atoms with Crippen LogP contribution < -0.4 is 5.32 Å². The molecule has 6 nitrogen and oxygen atoms in total. The predicted molar refractivity (Wildman–Crippen MR) is 81.4 cm³/mol. The van der Waals surface area contributed by atoms with Crippen LogP contribution in [0, 0.1) is 13.8 Å². The normalized spacial score (nSPS) is 10.8. The number of pyridine rings is 1. The zero-order valence-electron chi connectivity index (χ0n) is 11.4. The molecule has 3 aromatic rings. The highest BCUT2D eigenvalue weighted by Crippen LogP contribution is 2.34. The average molecular weight is 300 g/mol. The van der Waals surface area contributed by atoms with Crippen molar-refractivity contribution < 1.29 is 9.90 Å². The van der Waals surface area contributed by atoms with E-state index >= 15 is 0 Å². The lowest BCUT2D eigenvalue weighted by atomic mass is 10.2. The van der Waals surface area contributed by atoms with Gasteiger partial charge in [-0.1, -0.05) is 0 Å². The van der Waals surface area contributed by atoms with Gasteiger partial charge in [0.05, 0.1) is 17.3 Å². The Morgan fingerprint density at radius 3 is 2.81 bits per heavy atom. The number of nitrogens with one attached hydrogen (secondary N) is 1. The second-order valence-electron chi connectivity index (χ2n) is 4.64. The maximum Gasteiger partial charge on any atom is 0.346 e. The van der Waals surface area contributed by atoms with Crippen molar-refractivity contribution in [2.24, 2.45) is 0 Å². The predicted octanol–water partition coefficient (Wildman–Crippen LogP) is 3.14. The number of nitrogens with zero attached hydrogens (tertiary/aromatic N) is 3. The topological polar surface area (TPSA) is 88.0 Å². The third-order valence-electron chi connectivity index (χ3n) is 3.06. The molecule has 0 unspecified atom stereocenters. The number of aromatic nitrogens is 3. The number of thiophene rings is 1. The molecule has 3 heterocycles. The third kappa shape index (κ3) is 2.43. The number of hydrogen-bond acceptors (Lipinski definition) is 6. The van der Waals surface area contributed by atoms with Gasteiger partial charge < -0.3 is 10.4 Å². The van der Waals surface area contributed by atoms with Gasteiger partial charge in [-0.25, -0.2) is 14.8 Å². The van der Waals surface area contributed by atoms with Crippen molar-refractivity contribution in [2.75, 3.05) is 5.32 Å². The summed E-state index contributed by atoms with van der Waals surface area (Å²) < 4.78 is 0. The summed E-state index contributed by atoms with van der Waals surface area (Å²) in [6.45, 7) is 3.72. The molecular formula is C14H12N4O2S. The molecule has 3 rings (SSSR count). The van der Waals surface area contributed by atoms with Crippen LogP contribution >= 0.6 is 11.3 Å². The molecule has 0 spiro atoms. The Kier molecular flexibility index (Phi) is 3.26. The molecule has 0 aromatic carbocycles. The lowest BCUT2D eigenvalue weighted by molar-refractivity contribution is 0.0701. The molecule has 0 amide bonds. The molecule has 0 atom stereocenters. The number of carbonyl (C=O) groups is 1. The summed E-state index contributed by atoms with van der Waals surface area (Å²) >= 11 is 1.15. The summed E-state index contributed by atoms with van der Waals surface area (Å²) in [7, 11) is 0. The zero-order valence-corrected chi connectivity index (χ0v) is 12.2. The van der Waals surface area contributed by atoms with Crippen molar-refractivity contribution in [3.05, 3.63) is 40.8 Å². The molecule has 7 heteroatoms. The number of aromatic carboxylic acids is 1. The van der Waals surface area contributed by atoms with Crippen LogP contribution in [0.4, 0.5) is 11.5 Å². The molecule has 2 N–H and O–H groups in total. The van der Waals surface area contributed by atoms with E-state index in [1.807, 2.05) is 13.0 Å². The number of anilines is 2. The number of fused-ring (bicyclic) bond motifs is 1. The molecule has 3 aromatic heterocycles. The fourth-order valence-electron chi connectivity index (χ4n) is 2.13. The summed E-state index contributed by atoms with van der Waals surface area (Å²) in [5.41, 5.74) is 2.50. The van der Waals surface area contributed by atoms with E-state index in [0.717, 1.165) is 28.0 Å². The molecule has 0 saturated carbocycles. The highest BCUT2D eigenvalue weighted by atomic mass is 32.1. The van der Waals surface area contributed by atoms with Gasteiger partial charge in [0, 0.05) is 6.20 Å². The lowest BCUT2D eigenvalue weighted by Crippen LogP contribution is -1.97. The van der Waals surface area contributed by atoms with Crippen LogP contribution in [0.5, 0.6) is 0 Å². The average Bonchev–Trinajstić information content (AvgIpc) is 2.77. The van der Waals surface area contributed by atoms with Gasteiger partial charge in [-0.2, -0.15) is 0 Å². The highest BCUT2D eigenvalue weighted by molar-refractivity contribution is 7.20. The van der Waals surface area contributed by atoms with Crippen molar-refractivity contribution in [3.8, 4) is 0 Å². The Balaban J connectivity index is 2.12. The quantitative estimate of drug-likeness (QED) is 0.772. The van der Waals surface area contributed by atoms with Crippen LogP contribution in [-0.2, 0) is 0 Å². The van der Waals surface area contributed by atoms with Crippen molar-refractivity contribution in [2.45, 2.75) is 13.8 Å². The fourth-order valence-corrected chi connectivity index (χ4v) is 3.12. The van der Waals surface area contributed by atoms with E-state index in [9.17, 15) is 9.90 Å². The number of aryl methyl sites for hydroxylation is 2. The number of carboxylic acids is 1. The Morgan fingerprint density at radius 1 is 1.29 bits per heavy atom. The van der Waals surface area contributed by atoms with E-state index in [-0.39, 0.29) is 4.88 Å². The minimum absolute atomic E-state index is 0.288. The van der Waals surface area contributed by atoms with Crippen LogP contribution in [0.2, 0.25) is 0 Å². The van der Waals surface area contributed by atoms with Crippen molar-refractivity contribution >= 4 is 39.0 Å². The molecule has 21 heavy (non-hydrogen) atoms. The summed E-state index contributed by atoms with van der Waals surface area (Å²) in [5.74, 6) is -0.354. The van der Waals surface area contributed by atoms with Gasteiger partial charge >= 0.3 is 5.97 Å². The first-order valence-electron chi connectivity index (χ1n) is 6.22. The maximum absolute atomic E-state index is 11.2. The third-order valence-corrected chi connectivity index (χ3v) is 4.25. The zero-order chi connectivity index (χ0) is 15.0. The molecule has 0 radical (unpaired) electrons. The Morgan fingerprint density at radius 2 is 2.10 bits per heavy atom. The SMILES string of the molecule is Cc1cncc(Nc2ncnc3sc(C(=O)O)c(C)c23)c1. The van der Waals surface area contributed by atoms with Gasteiger partial charge in [-0.05, 0) is 31.0 Å². The smallest absolute Gasteiger partial charge is 0.346 e. The van der Waals surface area contributed by atoms with E-state index in [4.69, 9.17) is 0 Å². The van der Waals surface area contributed by atoms with Crippen LogP contribution in [0.3, 0.4) is 0 Å². The molecule has 0 aliphatic heterocycles. The molecular weight excluding hydrogens is 288 g/mol. The Bertz CT molecular complexity index is 844. The first-order chi connectivity index (χ1) is 10.1. The summed E-state index contributed by atoms with van der Waals surface area (Å²) in [6, 6.07) is 1.95. The van der Waals surface area contributed by atoms with Gasteiger partial charge in [-0.3, -0.25) is 4.98 Å². The highest BCUT2D eigenvalue weighted by Gasteiger charge is 2.18. The minimum Gasteiger partial charge on any atom is -0.477 e. The Labute approximate surface area is 124 Å². The minimum atomic E-state index is -0.946. The lowest BCUT2D eigenvalue weighted by Gasteiger charge is -2.07. The van der Waals surface area contributed by atoms with Crippen molar-refractivity contribution in [3.63, 3.8) is 0 Å². The van der Waals surface area contributed by atoms with Gasteiger partial charge in [0.25, 0.3) is 0 Å². The molecule has 0 saturated heterocycles. The molecule has 0 bridgehead atoms. The molecule has 0 fully saturated rings. The van der Waals surface area contributed by atoms with Gasteiger partial charge in [0.1, 0.15) is 21.9 Å². The van der Waals surface area contributed by atoms with E-state index in [1.54, 1.807) is 19.3 Å². The van der Waals surface area contributed by atoms with Crippen LogP contribution in [0.1, 0.15) is 20.8 Å². The number of hydrogen-bond donors (Lipinski definition) is 2. The van der Waals surface area contributed by atoms with Gasteiger partial charge in [0.15, 0.2) is 0 Å². The fraction of sp³-hybridized carbons (Fsp3) is 0.143. The maximum atomic E-state index is 11.2. The van der Waals surface area contributed by atoms with Gasteiger partial charge in [0.2, 0.25) is 0 Å². The van der Waals surface area contributed by atoms with E-state index < -0.39 is 5.97 Å². The van der Waals surface area contributed by atoms with E-state index in [1.165, 1.54) is 6.33 Å². The van der Waals surface area contributed by atoms with Gasteiger partial charge in [-0.15, -0.1) is 11.3 Å². The first-order valence-corrected chi connectivity index (χ1v) is 7.04. The van der Waals surface area contributed by atoms with Crippen LogP contribution in [-0.4, -0.2) is 26.0 Å². The summed E-state index contributed by atoms with van der Waals surface area (Å²) in [4.78, 5) is 24.7. The number of rotatable bonds is 3. The van der Waals surface area contributed by atoms with Crippen LogP contribution in [0.15, 0.2) is 24.8 Å². The molecule has 0 aliphatic rings. The first kappa shape index (κ1) is 13.4. The van der Waals surface area contributed by atoms with E-state index in [2.05, 4.69) is 20.3 Å². The van der Waals surface area contributed by atoms with E-state index in [0.29, 0.717) is 16.2 Å². The molecule has 0 aliphatic carbocycles. The summed E-state index contributed by atoms with van der Waals surface area (Å²) in [5, 5.41) is 13.1. The van der Waals surface area contributed by atoms with Crippen molar-refractivity contribution in [1.82, 2.24) is 15.0 Å². The second kappa shape index (κ2) is 5.10. The summed E-state index contributed by atoms with van der Waals surface area (Å²) in [6.07, 6.45) is 4.88. The Hall–Kier alpha value is -2.54. The number of carboxylic acid groups (broad SMARTS) is 1. The molecule has 106 valence electrons.